The molecule has 55 heavy (non-hydrogen) atoms. The van der Waals surface area contributed by atoms with Gasteiger partial charge in [-0.1, -0.05) is 78.9 Å². The van der Waals surface area contributed by atoms with Crippen molar-refractivity contribution in [2.24, 2.45) is 23.7 Å². The lowest BCUT2D eigenvalue weighted by molar-refractivity contribution is -0.189. The number of aryl methyl sites for hydroxylation is 1. The summed E-state index contributed by atoms with van der Waals surface area (Å²) in [6.07, 6.45) is 0.0762. The van der Waals surface area contributed by atoms with Gasteiger partial charge in [0.1, 0.15) is 11.8 Å². The van der Waals surface area contributed by atoms with E-state index in [1.807, 2.05) is 91.9 Å². The Morgan fingerprint density at radius 2 is 1.44 bits per heavy atom. The van der Waals surface area contributed by atoms with Crippen LogP contribution in [-0.4, -0.2) is 64.8 Å². The van der Waals surface area contributed by atoms with Gasteiger partial charge in [-0.3, -0.25) is 19.2 Å². The number of rotatable bonds is 13. The van der Waals surface area contributed by atoms with E-state index in [9.17, 15) is 32.3 Å². The number of fused-ring (bicyclic) bond motifs is 1. The number of alkyl halides is 3. The topological polar surface area (TPSA) is 86.8 Å². The summed E-state index contributed by atoms with van der Waals surface area (Å²) in [6, 6.07) is 26.4. The van der Waals surface area contributed by atoms with Crippen LogP contribution in [0.25, 0.3) is 0 Å². The molecule has 1 N–H and O–H groups in total. The standard InChI is InChI=1S/C44H52F3N3O4S/c1-30-12-8-9-18-38(30)49-24-11-10-17-37(43(49)54)48-41(52)34(27-32-15-6-3-7-16-32)20-19-33(26-31-13-4-2-5-14-31)39(51)28-35-23-25-55-40-22-21-36(44(45,46)47)29-50(40)42(35)53/h2-9,12-16,18,33-37,40H,10-11,17,19-29H2,1H3,(H,48,52)/t33?,34-,35-,36+,37?,40+/m1/s1. The van der Waals surface area contributed by atoms with Crippen molar-refractivity contribution in [3.8, 4) is 0 Å². The number of ketones is 1. The number of anilines is 1. The number of carbonyl (C=O) groups excluding carboxylic acids is 4. The highest BCUT2D eigenvalue weighted by Crippen LogP contribution is 2.41. The highest BCUT2D eigenvalue weighted by molar-refractivity contribution is 7.99. The molecule has 3 amide bonds. The molecular weight excluding hydrogens is 724 g/mol. The van der Waals surface area contributed by atoms with E-state index in [0.29, 0.717) is 57.2 Å². The summed E-state index contributed by atoms with van der Waals surface area (Å²) in [5.41, 5.74) is 3.76. The molecule has 0 aliphatic carbocycles. The number of piperidine rings is 1. The van der Waals surface area contributed by atoms with Gasteiger partial charge >= 0.3 is 6.18 Å². The summed E-state index contributed by atoms with van der Waals surface area (Å²) < 4.78 is 41.2. The minimum atomic E-state index is -4.37. The molecule has 294 valence electrons. The molecule has 11 heteroatoms. The maximum Gasteiger partial charge on any atom is 0.393 e. The van der Waals surface area contributed by atoms with Gasteiger partial charge in [-0.25, -0.2) is 0 Å². The first-order valence-corrected chi connectivity index (χ1v) is 20.8. The van der Waals surface area contributed by atoms with Gasteiger partial charge in [-0.2, -0.15) is 13.2 Å². The number of Topliss-reactive ketones (excluding diaryl/α,β-unsaturated/α-hetero) is 1. The van der Waals surface area contributed by atoms with Crippen molar-refractivity contribution in [1.29, 1.82) is 0 Å². The molecule has 3 heterocycles. The van der Waals surface area contributed by atoms with Crippen LogP contribution in [0, 0.1) is 30.6 Å². The number of thioether (sulfide) groups is 1. The molecule has 0 aromatic heterocycles. The largest absolute Gasteiger partial charge is 0.393 e. The van der Waals surface area contributed by atoms with Crippen molar-refractivity contribution in [2.75, 3.05) is 23.7 Å². The zero-order chi connectivity index (χ0) is 39.0. The van der Waals surface area contributed by atoms with Gasteiger partial charge in [0.05, 0.1) is 11.3 Å². The molecule has 6 rings (SSSR count). The molecule has 0 radical (unpaired) electrons. The molecule has 7 nitrogen and oxygen atoms in total. The molecule has 2 unspecified atom stereocenters. The molecule has 0 spiro atoms. The number of hydrogen-bond donors (Lipinski definition) is 1. The van der Waals surface area contributed by atoms with Gasteiger partial charge in [0.15, 0.2) is 0 Å². The van der Waals surface area contributed by atoms with E-state index in [0.717, 1.165) is 35.2 Å². The third-order valence-corrected chi connectivity index (χ3v) is 12.9. The van der Waals surface area contributed by atoms with Crippen molar-refractivity contribution in [1.82, 2.24) is 10.2 Å². The average molecular weight is 776 g/mol. The summed E-state index contributed by atoms with van der Waals surface area (Å²) in [5, 5.41) is 2.82. The Hall–Kier alpha value is -4.12. The minimum Gasteiger partial charge on any atom is -0.344 e. The van der Waals surface area contributed by atoms with Crippen LogP contribution >= 0.6 is 11.8 Å². The number of amides is 3. The molecule has 3 aliphatic heterocycles. The molecule has 3 aliphatic rings. The quantitative estimate of drug-likeness (QED) is 0.189. The number of para-hydroxylation sites is 1. The number of nitrogens with zero attached hydrogens (tertiary/aromatic N) is 2. The molecule has 0 bridgehead atoms. The Balaban J connectivity index is 1.19. The third kappa shape index (κ3) is 10.6. The van der Waals surface area contributed by atoms with Crippen LogP contribution in [-0.2, 0) is 32.0 Å². The lowest BCUT2D eigenvalue weighted by Crippen LogP contribution is -2.50. The van der Waals surface area contributed by atoms with Crippen LogP contribution < -0.4 is 10.2 Å². The fourth-order valence-corrected chi connectivity index (χ4v) is 9.76. The molecule has 6 atom stereocenters. The van der Waals surface area contributed by atoms with E-state index in [1.54, 1.807) is 4.90 Å². The number of halogens is 3. The second-order valence-corrected chi connectivity index (χ2v) is 16.8. The van der Waals surface area contributed by atoms with Gasteiger partial charge in [0, 0.05) is 43.0 Å². The molecule has 3 aromatic carbocycles. The van der Waals surface area contributed by atoms with E-state index in [4.69, 9.17) is 0 Å². The van der Waals surface area contributed by atoms with Crippen LogP contribution in [0.3, 0.4) is 0 Å². The van der Waals surface area contributed by atoms with E-state index in [1.165, 1.54) is 16.7 Å². The highest BCUT2D eigenvalue weighted by atomic mass is 32.2. The fraction of sp³-hybridized carbons (Fsp3) is 0.500. The Morgan fingerprint density at radius 3 is 2.11 bits per heavy atom. The van der Waals surface area contributed by atoms with E-state index < -0.39 is 35.9 Å². The van der Waals surface area contributed by atoms with Crippen LogP contribution in [0.1, 0.15) is 74.5 Å². The molecular formula is C44H52F3N3O4S. The Labute approximate surface area is 326 Å². The van der Waals surface area contributed by atoms with Crippen molar-refractivity contribution >= 4 is 41.0 Å². The monoisotopic (exact) mass is 775 g/mol. The first-order valence-electron chi connectivity index (χ1n) is 19.7. The number of carbonyl (C=O) groups is 4. The summed E-state index contributed by atoms with van der Waals surface area (Å²) in [7, 11) is 0. The van der Waals surface area contributed by atoms with Crippen molar-refractivity contribution in [2.45, 2.75) is 95.1 Å². The van der Waals surface area contributed by atoms with Gasteiger partial charge in [-0.15, -0.1) is 11.8 Å². The normalized spacial score (nSPS) is 23.3. The lowest BCUT2D eigenvalue weighted by Gasteiger charge is -2.39. The van der Waals surface area contributed by atoms with Crippen LogP contribution in [0.4, 0.5) is 18.9 Å². The SMILES string of the molecule is Cc1ccccc1N1CCCCC(NC(=O)[C@H](CCC(Cc2ccccc2)C(=O)C[C@H]2CCS[C@H]3CC[C@H](C(F)(F)F)CN3C2=O)Cc2ccccc2)C1=O. The first-order chi connectivity index (χ1) is 26.5. The number of hydrogen-bond acceptors (Lipinski definition) is 5. The number of benzene rings is 3. The first kappa shape index (κ1) is 40.5. The highest BCUT2D eigenvalue weighted by Gasteiger charge is 2.47. The molecule has 3 aromatic rings. The maximum absolute atomic E-state index is 14.3. The Morgan fingerprint density at radius 1 is 0.800 bits per heavy atom. The Kier molecular flexibility index (Phi) is 13.8. The molecule has 0 saturated carbocycles. The van der Waals surface area contributed by atoms with E-state index in [2.05, 4.69) is 5.32 Å². The molecule has 3 saturated heterocycles. The van der Waals surface area contributed by atoms with Crippen molar-refractivity contribution in [3.05, 3.63) is 102 Å². The van der Waals surface area contributed by atoms with Gasteiger partial charge < -0.3 is 15.1 Å². The molecule has 3 fully saturated rings. The van der Waals surface area contributed by atoms with Crippen LogP contribution in [0.15, 0.2) is 84.9 Å². The third-order valence-electron chi connectivity index (χ3n) is 11.6. The fourth-order valence-electron chi connectivity index (χ4n) is 8.39. The second kappa shape index (κ2) is 18.7. The smallest absolute Gasteiger partial charge is 0.344 e. The van der Waals surface area contributed by atoms with E-state index in [-0.39, 0.29) is 48.3 Å². The zero-order valence-corrected chi connectivity index (χ0v) is 32.3. The lowest BCUT2D eigenvalue weighted by atomic mass is 9.82. The average Bonchev–Trinajstić information content (AvgIpc) is 3.45. The minimum absolute atomic E-state index is 0.00524. The zero-order valence-electron chi connectivity index (χ0n) is 31.5. The van der Waals surface area contributed by atoms with Crippen molar-refractivity contribution < 1.29 is 32.3 Å². The maximum atomic E-state index is 14.3. The number of nitrogens with one attached hydrogen (secondary N) is 1. The van der Waals surface area contributed by atoms with Crippen LogP contribution in [0.2, 0.25) is 0 Å². The summed E-state index contributed by atoms with van der Waals surface area (Å²) in [5.74, 6) is -3.49. The van der Waals surface area contributed by atoms with Gasteiger partial charge in [0.2, 0.25) is 17.7 Å². The van der Waals surface area contributed by atoms with Crippen LogP contribution in [0.5, 0.6) is 0 Å². The second-order valence-electron chi connectivity index (χ2n) is 15.5. The summed E-state index contributed by atoms with van der Waals surface area (Å²) in [6.45, 7) is 2.19. The Bertz CT molecular complexity index is 1770. The summed E-state index contributed by atoms with van der Waals surface area (Å²) >= 11 is 1.51. The predicted octanol–water partition coefficient (Wildman–Crippen LogP) is 8.33. The van der Waals surface area contributed by atoms with Gasteiger partial charge in [-0.05, 0) is 99.6 Å². The summed E-state index contributed by atoms with van der Waals surface area (Å²) in [4.78, 5) is 59.5. The van der Waals surface area contributed by atoms with Gasteiger partial charge in [0.25, 0.3) is 0 Å². The van der Waals surface area contributed by atoms with E-state index >= 15 is 0 Å². The predicted molar refractivity (Wildman–Crippen MR) is 210 cm³/mol. The van der Waals surface area contributed by atoms with Crippen molar-refractivity contribution in [3.63, 3.8) is 0 Å².